The van der Waals surface area contributed by atoms with Gasteiger partial charge in [-0.05, 0) is 35.9 Å². The van der Waals surface area contributed by atoms with Gasteiger partial charge in [0, 0.05) is 40.5 Å². The lowest BCUT2D eigenvalue weighted by Gasteiger charge is -2.26. The minimum Gasteiger partial charge on any atom is -0.351 e. The second-order valence-corrected chi connectivity index (χ2v) is 7.01. The van der Waals surface area contributed by atoms with Crippen molar-refractivity contribution in [2.45, 2.75) is 0 Å². The number of carbonyl (C=O) groups excluding carboxylic acids is 1. The summed E-state index contributed by atoms with van der Waals surface area (Å²) in [7, 11) is 0. The van der Waals surface area contributed by atoms with E-state index in [1.54, 1.807) is 6.07 Å². The molecule has 1 aromatic heterocycles. The third kappa shape index (κ3) is 3.58. The van der Waals surface area contributed by atoms with Gasteiger partial charge in [0.25, 0.3) is 5.91 Å². The summed E-state index contributed by atoms with van der Waals surface area (Å²) in [5.41, 5.74) is 0.930. The van der Waals surface area contributed by atoms with E-state index in [1.807, 2.05) is 24.3 Å². The summed E-state index contributed by atoms with van der Waals surface area (Å²) in [4.78, 5) is 13.8. The summed E-state index contributed by atoms with van der Waals surface area (Å²) in [6, 6.07) is 9.15. The first-order valence-electron chi connectivity index (χ1n) is 6.67. The van der Waals surface area contributed by atoms with E-state index in [0.717, 1.165) is 30.1 Å². The molecule has 1 aliphatic heterocycles. The SMILES string of the molecule is O=C(NCC1CNC1)c1ccc(-c2cc(Cl)cc(Cl)c2)s1. The van der Waals surface area contributed by atoms with E-state index >= 15 is 0 Å². The Labute approximate surface area is 137 Å². The Bertz CT molecular complexity index is 647. The summed E-state index contributed by atoms with van der Waals surface area (Å²) in [5.74, 6) is 0.534. The summed E-state index contributed by atoms with van der Waals surface area (Å²) in [5, 5.41) is 7.34. The number of carbonyl (C=O) groups is 1. The maximum atomic E-state index is 12.1. The normalized spacial score (nSPS) is 14.8. The molecule has 0 bridgehead atoms. The van der Waals surface area contributed by atoms with Gasteiger partial charge in [0.2, 0.25) is 0 Å². The molecule has 1 fully saturated rings. The molecular weight excluding hydrogens is 327 g/mol. The van der Waals surface area contributed by atoms with Crippen molar-refractivity contribution in [1.82, 2.24) is 10.6 Å². The van der Waals surface area contributed by atoms with Crippen LogP contribution in [0.15, 0.2) is 30.3 Å². The molecule has 2 aromatic rings. The van der Waals surface area contributed by atoms with Gasteiger partial charge in [0.15, 0.2) is 0 Å². The molecule has 110 valence electrons. The fourth-order valence-electron chi connectivity index (χ4n) is 2.13. The molecule has 6 heteroatoms. The summed E-state index contributed by atoms with van der Waals surface area (Å²) in [6.45, 7) is 2.69. The highest BCUT2D eigenvalue weighted by molar-refractivity contribution is 7.17. The van der Waals surface area contributed by atoms with E-state index in [1.165, 1.54) is 11.3 Å². The molecule has 1 aromatic carbocycles. The Morgan fingerprint density at radius 2 is 1.95 bits per heavy atom. The van der Waals surface area contributed by atoms with Gasteiger partial charge in [0.05, 0.1) is 4.88 Å². The zero-order valence-corrected chi connectivity index (χ0v) is 13.5. The van der Waals surface area contributed by atoms with Gasteiger partial charge in [0.1, 0.15) is 0 Å². The predicted molar refractivity (Wildman–Crippen MR) is 88.5 cm³/mol. The highest BCUT2D eigenvalue weighted by atomic mass is 35.5. The predicted octanol–water partition coefficient (Wildman–Crippen LogP) is 3.67. The smallest absolute Gasteiger partial charge is 0.261 e. The summed E-state index contributed by atoms with van der Waals surface area (Å²) < 4.78 is 0. The van der Waals surface area contributed by atoms with Crippen molar-refractivity contribution < 1.29 is 4.79 Å². The first-order chi connectivity index (χ1) is 10.1. The molecule has 1 amide bonds. The Hall–Kier alpha value is -1.07. The number of rotatable bonds is 4. The minimum atomic E-state index is -0.0220. The third-order valence-electron chi connectivity index (χ3n) is 3.39. The van der Waals surface area contributed by atoms with Crippen LogP contribution in [-0.2, 0) is 0 Å². The van der Waals surface area contributed by atoms with Crippen LogP contribution < -0.4 is 10.6 Å². The van der Waals surface area contributed by atoms with Crippen LogP contribution in [0.3, 0.4) is 0 Å². The first-order valence-corrected chi connectivity index (χ1v) is 8.24. The van der Waals surface area contributed by atoms with Crippen LogP contribution in [0.25, 0.3) is 10.4 Å². The molecule has 0 aliphatic carbocycles. The fraction of sp³-hybridized carbons (Fsp3) is 0.267. The van der Waals surface area contributed by atoms with Crippen LogP contribution >= 0.6 is 34.5 Å². The molecule has 2 heterocycles. The monoisotopic (exact) mass is 340 g/mol. The van der Waals surface area contributed by atoms with E-state index in [9.17, 15) is 4.79 Å². The molecule has 0 atom stereocenters. The Morgan fingerprint density at radius 3 is 2.57 bits per heavy atom. The van der Waals surface area contributed by atoms with Crippen molar-refractivity contribution in [3.8, 4) is 10.4 Å². The molecule has 0 radical (unpaired) electrons. The van der Waals surface area contributed by atoms with Crippen LogP contribution in [-0.4, -0.2) is 25.5 Å². The summed E-state index contributed by atoms with van der Waals surface area (Å²) >= 11 is 13.5. The first kappa shape index (κ1) is 14.9. The molecular formula is C15H14Cl2N2OS. The van der Waals surface area contributed by atoms with Crippen molar-refractivity contribution in [3.63, 3.8) is 0 Å². The number of amides is 1. The van der Waals surface area contributed by atoms with E-state index in [4.69, 9.17) is 23.2 Å². The largest absolute Gasteiger partial charge is 0.351 e. The second-order valence-electron chi connectivity index (χ2n) is 5.06. The van der Waals surface area contributed by atoms with Crippen molar-refractivity contribution in [3.05, 3.63) is 45.3 Å². The van der Waals surface area contributed by atoms with Crippen LogP contribution in [0.1, 0.15) is 9.67 Å². The molecule has 21 heavy (non-hydrogen) atoms. The van der Waals surface area contributed by atoms with Gasteiger partial charge in [-0.2, -0.15) is 0 Å². The highest BCUT2D eigenvalue weighted by Gasteiger charge is 2.18. The average Bonchev–Trinajstić information content (AvgIpc) is 2.85. The maximum Gasteiger partial charge on any atom is 0.261 e. The van der Waals surface area contributed by atoms with Gasteiger partial charge >= 0.3 is 0 Å². The average molecular weight is 341 g/mol. The second kappa shape index (κ2) is 6.36. The molecule has 0 saturated carbocycles. The van der Waals surface area contributed by atoms with Gasteiger partial charge in [-0.3, -0.25) is 4.79 Å². The van der Waals surface area contributed by atoms with E-state index in [-0.39, 0.29) is 5.91 Å². The lowest BCUT2D eigenvalue weighted by atomic mass is 10.0. The van der Waals surface area contributed by atoms with E-state index < -0.39 is 0 Å². The van der Waals surface area contributed by atoms with Crippen LogP contribution in [0.5, 0.6) is 0 Å². The van der Waals surface area contributed by atoms with Crippen molar-refractivity contribution >= 4 is 40.4 Å². The lowest BCUT2D eigenvalue weighted by molar-refractivity contribution is 0.0946. The molecule has 3 rings (SSSR count). The Kier molecular flexibility index (Phi) is 4.50. The minimum absolute atomic E-state index is 0.0220. The van der Waals surface area contributed by atoms with Gasteiger partial charge in [-0.25, -0.2) is 0 Å². The summed E-state index contributed by atoms with van der Waals surface area (Å²) in [6.07, 6.45) is 0. The zero-order valence-electron chi connectivity index (χ0n) is 11.2. The number of hydrogen-bond donors (Lipinski definition) is 2. The quantitative estimate of drug-likeness (QED) is 0.891. The Morgan fingerprint density at radius 1 is 1.24 bits per heavy atom. The number of hydrogen-bond acceptors (Lipinski definition) is 3. The molecule has 1 aliphatic rings. The number of benzene rings is 1. The molecule has 2 N–H and O–H groups in total. The van der Waals surface area contributed by atoms with Gasteiger partial charge < -0.3 is 10.6 Å². The lowest BCUT2D eigenvalue weighted by Crippen LogP contribution is -2.48. The molecule has 0 unspecified atom stereocenters. The standard InChI is InChI=1S/C15H14Cl2N2OS/c16-11-3-10(4-12(17)5-11)13-1-2-14(21-13)15(20)19-8-9-6-18-7-9/h1-5,9,18H,6-8H2,(H,19,20). The van der Waals surface area contributed by atoms with Crippen LogP contribution in [0, 0.1) is 5.92 Å². The van der Waals surface area contributed by atoms with Crippen LogP contribution in [0.2, 0.25) is 10.0 Å². The van der Waals surface area contributed by atoms with Crippen molar-refractivity contribution in [2.75, 3.05) is 19.6 Å². The fourth-order valence-corrected chi connectivity index (χ4v) is 3.56. The van der Waals surface area contributed by atoms with Crippen LogP contribution in [0.4, 0.5) is 0 Å². The number of halogens is 2. The number of thiophene rings is 1. The number of nitrogens with one attached hydrogen (secondary N) is 2. The molecule has 0 spiro atoms. The van der Waals surface area contributed by atoms with E-state index in [0.29, 0.717) is 20.8 Å². The van der Waals surface area contributed by atoms with Crippen molar-refractivity contribution in [1.29, 1.82) is 0 Å². The third-order valence-corrected chi connectivity index (χ3v) is 4.96. The van der Waals surface area contributed by atoms with Gasteiger partial charge in [-0.15, -0.1) is 11.3 Å². The topological polar surface area (TPSA) is 41.1 Å². The highest BCUT2D eigenvalue weighted by Crippen LogP contribution is 2.32. The molecule has 3 nitrogen and oxygen atoms in total. The van der Waals surface area contributed by atoms with E-state index in [2.05, 4.69) is 10.6 Å². The maximum absolute atomic E-state index is 12.1. The Balaban J connectivity index is 1.71. The van der Waals surface area contributed by atoms with Gasteiger partial charge in [-0.1, -0.05) is 23.2 Å². The zero-order chi connectivity index (χ0) is 14.8. The van der Waals surface area contributed by atoms with Crippen molar-refractivity contribution in [2.24, 2.45) is 5.92 Å². The molecule has 1 saturated heterocycles.